The van der Waals surface area contributed by atoms with Gasteiger partial charge in [0.05, 0.1) is 0 Å². The van der Waals surface area contributed by atoms with Gasteiger partial charge in [-0.2, -0.15) is 17.2 Å². The molecular formula is C40H64FeN2P2-6. The standard InChI is InChI=1S/C35H59N2P2.C5H5.Fe/c1-33(2,3)28-20-27(22-39(34(4,5)6)32-25-16-23-15-24(18-25)19-26(32)17-23)29(21-28)35(38,30-11-7-9-13-36-30)31-12-8-10-14-37-31;1-2-4-5-3-1;/h20-21,23-26,30-32,36-37H,7-19,22,38H2,1-6H3;1-5H;/q-1;-5;. The maximum Gasteiger partial charge on any atom is 0.0193 e. The van der Waals surface area contributed by atoms with Gasteiger partial charge in [0.2, 0.25) is 0 Å². The van der Waals surface area contributed by atoms with E-state index in [-0.39, 0.29) is 35.6 Å². The van der Waals surface area contributed by atoms with E-state index in [4.69, 9.17) is 0 Å². The van der Waals surface area contributed by atoms with Crippen LogP contribution in [0.4, 0.5) is 0 Å². The van der Waals surface area contributed by atoms with Gasteiger partial charge in [-0.05, 0) is 105 Å². The van der Waals surface area contributed by atoms with E-state index in [1.165, 1.54) is 57.8 Å². The molecule has 0 spiro atoms. The maximum atomic E-state index is 4.06. The van der Waals surface area contributed by atoms with Crippen LogP contribution >= 0.6 is 17.2 Å². The van der Waals surface area contributed by atoms with Crippen molar-refractivity contribution in [3.8, 4) is 0 Å². The van der Waals surface area contributed by atoms with Crippen molar-refractivity contribution in [1.29, 1.82) is 0 Å². The third-order valence-corrected chi connectivity index (χ3v) is 17.5. The van der Waals surface area contributed by atoms with Gasteiger partial charge in [0.15, 0.2) is 0 Å². The van der Waals surface area contributed by atoms with E-state index in [9.17, 15) is 0 Å². The minimum absolute atomic E-state index is 0. The monoisotopic (exact) mass is 690 g/mol. The largest absolute Gasteiger partial charge is 0.748 e. The van der Waals surface area contributed by atoms with Gasteiger partial charge in [-0.25, -0.2) is 6.07 Å². The summed E-state index contributed by atoms with van der Waals surface area (Å²) >= 11 is 0. The molecule has 2 heterocycles. The summed E-state index contributed by atoms with van der Waals surface area (Å²) in [5.41, 5.74) is 6.17. The van der Waals surface area contributed by atoms with E-state index in [1.807, 2.05) is 30.3 Å². The van der Waals surface area contributed by atoms with Crippen molar-refractivity contribution in [1.82, 2.24) is 10.6 Å². The molecule has 0 amide bonds. The molecule has 8 rings (SSSR count). The quantitative estimate of drug-likeness (QED) is 0.179. The van der Waals surface area contributed by atoms with Crippen molar-refractivity contribution < 1.29 is 17.1 Å². The number of nitrogens with one attached hydrogen (secondary N) is 2. The molecule has 4 unspecified atom stereocenters. The Morgan fingerprint density at radius 1 is 0.778 bits per heavy atom. The average molecular weight is 691 g/mol. The second-order valence-electron chi connectivity index (χ2n) is 17.6. The minimum atomic E-state index is -0.0987. The summed E-state index contributed by atoms with van der Waals surface area (Å²) in [5, 5.41) is 8.60. The summed E-state index contributed by atoms with van der Waals surface area (Å²) in [6.45, 7) is 17.5. The zero-order chi connectivity index (χ0) is 31.1. The fourth-order valence-corrected chi connectivity index (χ4v) is 14.9. The van der Waals surface area contributed by atoms with E-state index in [2.05, 4.69) is 73.5 Å². The van der Waals surface area contributed by atoms with E-state index < -0.39 is 0 Å². The van der Waals surface area contributed by atoms with Crippen LogP contribution in [0.2, 0.25) is 0 Å². The van der Waals surface area contributed by atoms with Crippen LogP contribution in [-0.4, -0.2) is 36.0 Å². The number of piperidine rings is 2. The van der Waals surface area contributed by atoms with Crippen molar-refractivity contribution in [2.24, 2.45) is 23.7 Å². The second-order valence-corrected chi connectivity index (χ2v) is 21.7. The molecule has 2 aromatic rings. The molecule has 2 nitrogen and oxygen atoms in total. The summed E-state index contributed by atoms with van der Waals surface area (Å²) in [4.78, 5) is 0. The predicted molar refractivity (Wildman–Crippen MR) is 197 cm³/mol. The Bertz CT molecular complexity index is 1110. The molecule has 4 saturated carbocycles. The Balaban J connectivity index is 0.000000609. The zero-order valence-corrected chi connectivity index (χ0v) is 32.5. The van der Waals surface area contributed by atoms with Crippen LogP contribution in [0, 0.1) is 23.7 Å². The fraction of sp³-hybridized carbons (Fsp3) is 0.750. The molecule has 0 radical (unpaired) electrons. The van der Waals surface area contributed by atoms with Crippen LogP contribution in [0.5, 0.6) is 0 Å². The van der Waals surface area contributed by atoms with Crippen LogP contribution in [0.1, 0.15) is 129 Å². The second kappa shape index (κ2) is 14.9. The van der Waals surface area contributed by atoms with Gasteiger partial charge in [0.25, 0.3) is 0 Å². The van der Waals surface area contributed by atoms with Crippen LogP contribution in [0.3, 0.4) is 0 Å². The molecule has 4 aliphatic carbocycles. The molecule has 2 saturated heterocycles. The van der Waals surface area contributed by atoms with Crippen molar-refractivity contribution in [2.75, 3.05) is 13.1 Å². The van der Waals surface area contributed by atoms with Crippen LogP contribution in [0.25, 0.3) is 0 Å². The fourth-order valence-electron chi connectivity index (χ4n) is 10.4. The summed E-state index contributed by atoms with van der Waals surface area (Å²) in [6.07, 6.45) is 17.1. The SMILES string of the molecule is CC(C)(C)c1cc(C(P)(C2CCCCN2)C2CCCCN2)[c-](CP(C2C3CC4CC(C3)CC2C4)C(C)(C)C)c1.[Fe].[cH-]1[cH-][cH-][cH-][cH-]1. The molecule has 4 atom stereocenters. The number of hydrogen-bond acceptors (Lipinski definition) is 2. The topological polar surface area (TPSA) is 24.1 Å². The molecule has 2 aliphatic heterocycles. The number of hydrogen-bond donors (Lipinski definition) is 2. The molecule has 6 fully saturated rings. The van der Waals surface area contributed by atoms with Crippen LogP contribution in [0.15, 0.2) is 42.5 Å². The van der Waals surface area contributed by atoms with Crippen LogP contribution < -0.4 is 10.6 Å². The van der Waals surface area contributed by atoms with E-state index in [0.29, 0.717) is 17.2 Å². The Morgan fingerprint density at radius 2 is 1.27 bits per heavy atom. The number of rotatable bonds is 6. The molecule has 5 heteroatoms. The van der Waals surface area contributed by atoms with Crippen LogP contribution in [-0.2, 0) is 33.8 Å². The van der Waals surface area contributed by atoms with E-state index in [1.54, 1.807) is 48.8 Å². The van der Waals surface area contributed by atoms with E-state index in [0.717, 1.165) is 29.3 Å². The Kier molecular flexibility index (Phi) is 12.0. The minimum Gasteiger partial charge on any atom is -0.748 e. The van der Waals surface area contributed by atoms with Crippen molar-refractivity contribution in [3.63, 3.8) is 0 Å². The summed E-state index contributed by atoms with van der Waals surface area (Å²) < 4.78 is 0. The smallest absolute Gasteiger partial charge is 0.0193 e. The normalized spacial score (nSPS) is 33.4. The van der Waals surface area contributed by atoms with Gasteiger partial charge < -0.3 is 41.0 Å². The van der Waals surface area contributed by atoms with Gasteiger partial charge in [0, 0.05) is 34.3 Å². The molecule has 6 aliphatic rings. The summed E-state index contributed by atoms with van der Waals surface area (Å²) in [5.74, 6) is 4.18. The molecule has 258 valence electrons. The maximum absolute atomic E-state index is 4.06. The zero-order valence-electron chi connectivity index (χ0n) is 29.4. The average Bonchev–Trinajstić information content (AvgIpc) is 3.70. The Hall–Kier alpha value is -0.000519. The first kappa shape index (κ1) is 36.3. The summed E-state index contributed by atoms with van der Waals surface area (Å²) in [7, 11) is 3.44. The van der Waals surface area contributed by atoms with Gasteiger partial charge in [-0.15, -0.1) is 22.7 Å². The molecular weight excluding hydrogens is 626 g/mol. The van der Waals surface area contributed by atoms with Crippen molar-refractivity contribution >= 4 is 17.2 Å². The Morgan fingerprint density at radius 3 is 1.67 bits per heavy atom. The van der Waals surface area contributed by atoms with Crippen molar-refractivity contribution in [3.05, 3.63) is 59.2 Å². The van der Waals surface area contributed by atoms with Gasteiger partial charge in [0.1, 0.15) is 0 Å². The van der Waals surface area contributed by atoms with Crippen molar-refractivity contribution in [2.45, 2.75) is 152 Å². The molecule has 4 bridgehead atoms. The van der Waals surface area contributed by atoms with Gasteiger partial charge in [-0.3, -0.25) is 0 Å². The van der Waals surface area contributed by atoms with E-state index >= 15 is 0 Å². The first-order chi connectivity index (χ1) is 20.9. The first-order valence-electron chi connectivity index (χ1n) is 18.4. The molecule has 0 aromatic heterocycles. The molecule has 2 N–H and O–H groups in total. The molecule has 45 heavy (non-hydrogen) atoms. The van der Waals surface area contributed by atoms with Gasteiger partial charge in [-0.1, -0.05) is 66.0 Å². The van der Waals surface area contributed by atoms with Gasteiger partial charge >= 0.3 is 0 Å². The molecule has 2 aromatic carbocycles. The third-order valence-electron chi connectivity index (χ3n) is 12.4. The first-order valence-corrected chi connectivity index (χ1v) is 20.6. The third kappa shape index (κ3) is 7.92. The summed E-state index contributed by atoms with van der Waals surface area (Å²) in [6, 6.07) is 16.5. The Labute approximate surface area is 291 Å². The predicted octanol–water partition coefficient (Wildman–Crippen LogP) is 10.1.